The third kappa shape index (κ3) is 5.53. The van der Waals surface area contributed by atoms with Crippen LogP contribution >= 0.6 is 27.7 Å². The van der Waals surface area contributed by atoms with Gasteiger partial charge < -0.3 is 5.32 Å². The second kappa shape index (κ2) is 9.52. The maximum atomic E-state index is 14.1. The third-order valence-electron chi connectivity index (χ3n) is 4.60. The van der Waals surface area contributed by atoms with E-state index in [4.69, 9.17) is 0 Å². The first kappa shape index (κ1) is 23.2. The molecule has 0 saturated heterocycles. The Balaban J connectivity index is 1.56. The van der Waals surface area contributed by atoms with E-state index < -0.39 is 23.5 Å². The Bertz CT molecular complexity index is 1330. The van der Waals surface area contributed by atoms with Crippen LogP contribution in [-0.4, -0.2) is 20.4 Å². The van der Waals surface area contributed by atoms with Gasteiger partial charge in [-0.2, -0.15) is 13.2 Å². The number of rotatable bonds is 6. The molecule has 2 aromatic carbocycles. The molecule has 4 rings (SSSR count). The van der Waals surface area contributed by atoms with Gasteiger partial charge in [0, 0.05) is 16.4 Å². The molecule has 0 atom stereocenters. The highest BCUT2D eigenvalue weighted by molar-refractivity contribution is 9.10. The summed E-state index contributed by atoms with van der Waals surface area (Å²) in [6.45, 7) is -0.200. The van der Waals surface area contributed by atoms with Crippen molar-refractivity contribution in [2.45, 2.75) is 23.6 Å². The van der Waals surface area contributed by atoms with Crippen LogP contribution in [0.4, 0.5) is 23.2 Å². The number of alkyl halides is 3. The molecule has 1 N–H and O–H groups in total. The van der Waals surface area contributed by atoms with E-state index >= 15 is 0 Å². The lowest BCUT2D eigenvalue weighted by Gasteiger charge is -2.11. The lowest BCUT2D eigenvalue weighted by Crippen LogP contribution is -2.20. The Hall–Kier alpha value is -2.92. The molecule has 11 heteroatoms. The molecule has 4 aromatic rings. The Kier molecular flexibility index (Phi) is 6.71. The monoisotopic (exact) mass is 538 g/mol. The first-order chi connectivity index (χ1) is 15.7. The topological polar surface area (TPSA) is 59.8 Å². The zero-order valence-electron chi connectivity index (χ0n) is 16.7. The number of imidazole rings is 1. The highest BCUT2D eigenvalue weighted by Crippen LogP contribution is 2.32. The Morgan fingerprint density at radius 3 is 2.70 bits per heavy atom. The molecule has 0 saturated carbocycles. The number of fused-ring (bicyclic) bond motifs is 1. The van der Waals surface area contributed by atoms with E-state index in [2.05, 4.69) is 31.2 Å². The quantitative estimate of drug-likeness (QED) is 0.232. The molecule has 33 heavy (non-hydrogen) atoms. The van der Waals surface area contributed by atoms with E-state index in [1.165, 1.54) is 30.0 Å². The van der Waals surface area contributed by atoms with Gasteiger partial charge in [0.05, 0.1) is 11.3 Å². The summed E-state index contributed by atoms with van der Waals surface area (Å²) in [6.07, 6.45) is -2.88. The third-order valence-corrected chi connectivity index (χ3v) is 6.14. The number of amides is 1. The van der Waals surface area contributed by atoms with Gasteiger partial charge in [0.1, 0.15) is 17.9 Å². The normalized spacial score (nSPS) is 11.7. The van der Waals surface area contributed by atoms with Crippen molar-refractivity contribution in [3.63, 3.8) is 0 Å². The van der Waals surface area contributed by atoms with E-state index in [0.29, 0.717) is 26.4 Å². The van der Waals surface area contributed by atoms with Crippen molar-refractivity contribution < 1.29 is 22.4 Å². The van der Waals surface area contributed by atoms with Crippen LogP contribution in [0.1, 0.15) is 11.1 Å². The standard InChI is InChI=1S/C22H15BrF4N4OS/c23-15-6-7-17(16(24)10-15)29-19(32)11-31-20-18(5-2-8-28-20)30-21(31)33-12-13-3-1-4-14(9-13)22(25,26)27/h1-10H,11-12H2,(H,29,32). The fourth-order valence-electron chi connectivity index (χ4n) is 3.10. The van der Waals surface area contributed by atoms with Crippen LogP contribution in [-0.2, 0) is 23.3 Å². The van der Waals surface area contributed by atoms with Gasteiger partial charge in [-0.15, -0.1) is 0 Å². The molecule has 2 heterocycles. The number of nitrogens with zero attached hydrogens (tertiary/aromatic N) is 3. The van der Waals surface area contributed by atoms with E-state index in [0.717, 1.165) is 12.1 Å². The molecular weight excluding hydrogens is 524 g/mol. The summed E-state index contributed by atoms with van der Waals surface area (Å²) >= 11 is 4.34. The van der Waals surface area contributed by atoms with Gasteiger partial charge in [-0.05, 0) is 42.0 Å². The van der Waals surface area contributed by atoms with Gasteiger partial charge >= 0.3 is 6.18 Å². The summed E-state index contributed by atoms with van der Waals surface area (Å²) in [5.41, 5.74) is 0.732. The fourth-order valence-corrected chi connectivity index (χ4v) is 4.38. The number of anilines is 1. The van der Waals surface area contributed by atoms with Crippen LogP contribution in [0.15, 0.2) is 70.4 Å². The van der Waals surface area contributed by atoms with E-state index in [9.17, 15) is 22.4 Å². The van der Waals surface area contributed by atoms with Crippen LogP contribution in [0.5, 0.6) is 0 Å². The van der Waals surface area contributed by atoms with Gasteiger partial charge in [0.15, 0.2) is 10.8 Å². The zero-order valence-corrected chi connectivity index (χ0v) is 19.1. The van der Waals surface area contributed by atoms with E-state index in [1.807, 2.05) is 0 Å². The van der Waals surface area contributed by atoms with Crippen molar-refractivity contribution >= 4 is 50.5 Å². The number of nitrogens with one attached hydrogen (secondary N) is 1. The van der Waals surface area contributed by atoms with Crippen LogP contribution in [0, 0.1) is 5.82 Å². The molecular formula is C22H15BrF4N4OS. The van der Waals surface area contributed by atoms with Gasteiger partial charge in [0.25, 0.3) is 0 Å². The molecule has 5 nitrogen and oxygen atoms in total. The van der Waals surface area contributed by atoms with E-state index in [-0.39, 0.29) is 18.0 Å². The van der Waals surface area contributed by atoms with Crippen LogP contribution in [0.2, 0.25) is 0 Å². The van der Waals surface area contributed by atoms with Gasteiger partial charge in [-0.1, -0.05) is 45.9 Å². The first-order valence-corrected chi connectivity index (χ1v) is 11.3. The van der Waals surface area contributed by atoms with Crippen molar-refractivity contribution in [2.24, 2.45) is 0 Å². The van der Waals surface area contributed by atoms with Gasteiger partial charge in [-0.3, -0.25) is 9.36 Å². The molecule has 0 unspecified atom stereocenters. The predicted octanol–water partition coefficient (Wildman–Crippen LogP) is 6.28. The minimum absolute atomic E-state index is 0.0266. The van der Waals surface area contributed by atoms with Gasteiger partial charge in [0.2, 0.25) is 5.91 Å². The highest BCUT2D eigenvalue weighted by atomic mass is 79.9. The molecule has 0 aliphatic rings. The molecule has 0 bridgehead atoms. The number of benzene rings is 2. The largest absolute Gasteiger partial charge is 0.416 e. The zero-order chi connectivity index (χ0) is 23.6. The molecule has 0 aliphatic heterocycles. The summed E-state index contributed by atoms with van der Waals surface area (Å²) in [5.74, 6) is -0.886. The van der Waals surface area contributed by atoms with Crippen molar-refractivity contribution in [3.8, 4) is 0 Å². The lowest BCUT2D eigenvalue weighted by atomic mass is 10.1. The minimum Gasteiger partial charge on any atom is -0.322 e. The maximum Gasteiger partial charge on any atom is 0.416 e. The number of carbonyl (C=O) groups is 1. The molecule has 170 valence electrons. The second-order valence-corrected chi connectivity index (χ2v) is 8.84. The number of aromatic nitrogens is 3. The summed E-state index contributed by atoms with van der Waals surface area (Å²) in [5, 5.41) is 2.93. The van der Waals surface area contributed by atoms with Crippen molar-refractivity contribution in [3.05, 3.63) is 82.2 Å². The lowest BCUT2D eigenvalue weighted by molar-refractivity contribution is -0.137. The SMILES string of the molecule is O=C(Cn1c(SCc2cccc(C(F)(F)F)c2)nc2cccnc21)Nc1ccc(Br)cc1F. The average Bonchev–Trinajstić information content (AvgIpc) is 3.11. The summed E-state index contributed by atoms with van der Waals surface area (Å²) in [4.78, 5) is 21.4. The molecule has 2 aromatic heterocycles. The smallest absolute Gasteiger partial charge is 0.322 e. The number of hydrogen-bond acceptors (Lipinski definition) is 4. The van der Waals surface area contributed by atoms with Crippen molar-refractivity contribution in [2.75, 3.05) is 5.32 Å². The maximum absolute atomic E-state index is 14.1. The highest BCUT2D eigenvalue weighted by Gasteiger charge is 2.30. The molecule has 0 aliphatic carbocycles. The Morgan fingerprint density at radius 2 is 1.94 bits per heavy atom. The van der Waals surface area contributed by atoms with Crippen LogP contribution < -0.4 is 5.32 Å². The first-order valence-electron chi connectivity index (χ1n) is 9.56. The summed E-state index contributed by atoms with van der Waals surface area (Å²) in [6, 6.07) is 12.7. The van der Waals surface area contributed by atoms with Crippen molar-refractivity contribution in [1.29, 1.82) is 0 Å². The molecule has 0 radical (unpaired) electrons. The van der Waals surface area contributed by atoms with Crippen LogP contribution in [0.25, 0.3) is 11.2 Å². The number of halogens is 5. The molecule has 0 spiro atoms. The number of hydrogen-bond donors (Lipinski definition) is 1. The number of thioether (sulfide) groups is 1. The van der Waals surface area contributed by atoms with Crippen LogP contribution in [0.3, 0.4) is 0 Å². The number of pyridine rings is 1. The van der Waals surface area contributed by atoms with E-state index in [1.54, 1.807) is 35.0 Å². The predicted molar refractivity (Wildman–Crippen MR) is 121 cm³/mol. The Morgan fingerprint density at radius 1 is 1.12 bits per heavy atom. The molecule has 1 amide bonds. The minimum atomic E-state index is -4.43. The summed E-state index contributed by atoms with van der Waals surface area (Å²) < 4.78 is 55.2. The van der Waals surface area contributed by atoms with Crippen molar-refractivity contribution in [1.82, 2.24) is 14.5 Å². The number of carbonyl (C=O) groups excluding carboxylic acids is 1. The average molecular weight is 539 g/mol. The fraction of sp³-hybridized carbons (Fsp3) is 0.136. The molecule has 0 fully saturated rings. The second-order valence-electron chi connectivity index (χ2n) is 6.99. The summed E-state index contributed by atoms with van der Waals surface area (Å²) in [7, 11) is 0. The Labute approximate surface area is 198 Å². The van der Waals surface area contributed by atoms with Gasteiger partial charge in [-0.25, -0.2) is 14.4 Å².